The zero-order valence-electron chi connectivity index (χ0n) is 7.91. The first kappa shape index (κ1) is 9.73. The van der Waals surface area contributed by atoms with Gasteiger partial charge in [0.1, 0.15) is 11.5 Å². The van der Waals surface area contributed by atoms with Crippen LogP contribution in [-0.2, 0) is 7.05 Å². The molecule has 0 spiro atoms. The highest BCUT2D eigenvalue weighted by Crippen LogP contribution is 2.32. The fraction of sp³-hybridized carbons (Fsp3) is 0.222. The smallest absolute Gasteiger partial charge is 0.124 e. The third-order valence-electron chi connectivity index (χ3n) is 2.14. The van der Waals surface area contributed by atoms with E-state index in [0.717, 1.165) is 26.4 Å². The summed E-state index contributed by atoms with van der Waals surface area (Å²) in [7, 11) is 1.86. The molecule has 0 saturated heterocycles. The van der Waals surface area contributed by atoms with Crippen LogP contribution < -0.4 is 5.73 Å². The van der Waals surface area contributed by atoms with E-state index in [2.05, 4.69) is 27.1 Å². The quantitative estimate of drug-likeness (QED) is 0.867. The fourth-order valence-electron chi connectivity index (χ4n) is 1.31. The van der Waals surface area contributed by atoms with Crippen LogP contribution in [0.25, 0.3) is 10.6 Å². The van der Waals surface area contributed by atoms with Crippen LogP contribution in [0.3, 0.4) is 0 Å². The molecule has 14 heavy (non-hydrogen) atoms. The number of aryl methyl sites for hydroxylation is 1. The van der Waals surface area contributed by atoms with E-state index < -0.39 is 0 Å². The second-order valence-electron chi connectivity index (χ2n) is 3.11. The highest BCUT2D eigenvalue weighted by atomic mass is 79.9. The molecule has 0 aliphatic carbocycles. The van der Waals surface area contributed by atoms with E-state index in [1.54, 1.807) is 16.0 Å². The Morgan fingerprint density at radius 1 is 1.57 bits per heavy atom. The van der Waals surface area contributed by atoms with E-state index in [1.165, 1.54) is 0 Å². The maximum atomic E-state index is 5.84. The van der Waals surface area contributed by atoms with Gasteiger partial charge in [0.15, 0.2) is 0 Å². The van der Waals surface area contributed by atoms with Gasteiger partial charge >= 0.3 is 0 Å². The molecule has 2 N–H and O–H groups in total. The predicted octanol–water partition coefficient (Wildman–Crippen LogP) is 2.80. The lowest BCUT2D eigenvalue weighted by molar-refractivity contribution is 0.782. The summed E-state index contributed by atoms with van der Waals surface area (Å²) in [6.07, 6.45) is 0. The predicted molar refractivity (Wildman–Crippen MR) is 63.4 cm³/mol. The normalized spacial score (nSPS) is 10.8. The van der Waals surface area contributed by atoms with Crippen molar-refractivity contribution in [2.45, 2.75) is 6.92 Å². The number of hydrogen-bond acceptors (Lipinski definition) is 3. The lowest BCUT2D eigenvalue weighted by Gasteiger charge is -1.92. The van der Waals surface area contributed by atoms with E-state index >= 15 is 0 Å². The van der Waals surface area contributed by atoms with Crippen LogP contribution in [0.4, 0.5) is 5.82 Å². The van der Waals surface area contributed by atoms with Gasteiger partial charge in [0.2, 0.25) is 0 Å². The highest BCUT2D eigenvalue weighted by Gasteiger charge is 2.12. The maximum absolute atomic E-state index is 5.84. The van der Waals surface area contributed by atoms with Crippen molar-refractivity contribution in [1.29, 1.82) is 0 Å². The topological polar surface area (TPSA) is 43.8 Å². The average Bonchev–Trinajstić information content (AvgIpc) is 2.66. The molecule has 0 saturated carbocycles. The Morgan fingerprint density at radius 2 is 2.29 bits per heavy atom. The van der Waals surface area contributed by atoms with E-state index in [9.17, 15) is 0 Å². The molecule has 0 bridgehead atoms. The molecule has 2 heterocycles. The van der Waals surface area contributed by atoms with Crippen LogP contribution in [0.1, 0.15) is 5.56 Å². The Morgan fingerprint density at radius 3 is 2.71 bits per heavy atom. The zero-order chi connectivity index (χ0) is 10.3. The number of aromatic nitrogens is 2. The third-order valence-corrected chi connectivity index (χ3v) is 3.84. The van der Waals surface area contributed by atoms with Crippen molar-refractivity contribution in [1.82, 2.24) is 9.78 Å². The van der Waals surface area contributed by atoms with Gasteiger partial charge in [0.25, 0.3) is 0 Å². The van der Waals surface area contributed by atoms with Gasteiger partial charge in [-0.3, -0.25) is 4.68 Å². The number of anilines is 1. The molecule has 2 aromatic heterocycles. The first-order valence-electron chi connectivity index (χ1n) is 4.13. The van der Waals surface area contributed by atoms with Crippen molar-refractivity contribution in [3.8, 4) is 10.6 Å². The monoisotopic (exact) mass is 271 g/mol. The molecule has 0 unspecified atom stereocenters. The summed E-state index contributed by atoms with van der Waals surface area (Å²) in [5.74, 6) is 0.726. The summed E-state index contributed by atoms with van der Waals surface area (Å²) in [6, 6.07) is 2.06. The molecule has 2 aromatic rings. The first-order valence-corrected chi connectivity index (χ1v) is 5.80. The molecule has 0 fully saturated rings. The molecule has 0 aliphatic rings. The largest absolute Gasteiger partial charge is 0.384 e. The minimum absolute atomic E-state index is 0.726. The van der Waals surface area contributed by atoms with Crippen molar-refractivity contribution in [2.75, 3.05) is 5.73 Å². The van der Waals surface area contributed by atoms with Crippen LogP contribution in [0.15, 0.2) is 15.9 Å². The van der Waals surface area contributed by atoms with E-state index in [-0.39, 0.29) is 0 Å². The highest BCUT2D eigenvalue weighted by molar-refractivity contribution is 9.10. The van der Waals surface area contributed by atoms with E-state index in [4.69, 9.17) is 5.73 Å². The molecule has 5 heteroatoms. The number of nitrogen functional groups attached to an aromatic ring is 1. The van der Waals surface area contributed by atoms with Gasteiger partial charge in [-0.25, -0.2) is 0 Å². The van der Waals surface area contributed by atoms with Crippen LogP contribution in [0, 0.1) is 6.92 Å². The van der Waals surface area contributed by atoms with Crippen molar-refractivity contribution in [3.05, 3.63) is 21.5 Å². The van der Waals surface area contributed by atoms with Gasteiger partial charge in [0.05, 0.1) is 4.88 Å². The summed E-state index contributed by atoms with van der Waals surface area (Å²) in [5, 5.41) is 6.42. The molecule has 0 atom stereocenters. The van der Waals surface area contributed by atoms with Crippen LogP contribution >= 0.6 is 27.3 Å². The number of hydrogen-bond donors (Lipinski definition) is 1. The second-order valence-corrected chi connectivity index (χ2v) is 4.94. The Hall–Kier alpha value is -0.810. The van der Waals surface area contributed by atoms with Gasteiger partial charge in [-0.2, -0.15) is 5.10 Å². The summed E-state index contributed by atoms with van der Waals surface area (Å²) in [4.78, 5) is 1.14. The molecule has 74 valence electrons. The van der Waals surface area contributed by atoms with Gasteiger partial charge in [-0.15, -0.1) is 11.3 Å². The molecule has 3 nitrogen and oxygen atoms in total. The second kappa shape index (κ2) is 3.40. The first-order chi connectivity index (χ1) is 6.59. The van der Waals surface area contributed by atoms with Gasteiger partial charge in [-0.05, 0) is 28.9 Å². The molecule has 0 aromatic carbocycles. The molecule has 2 rings (SSSR count). The van der Waals surface area contributed by atoms with Gasteiger partial charge in [0, 0.05) is 22.5 Å². The number of nitrogens with zero attached hydrogens (tertiary/aromatic N) is 2. The molecular formula is C9H10BrN3S. The van der Waals surface area contributed by atoms with Crippen LogP contribution in [-0.4, -0.2) is 9.78 Å². The van der Waals surface area contributed by atoms with Crippen molar-refractivity contribution < 1.29 is 0 Å². The summed E-state index contributed by atoms with van der Waals surface area (Å²) in [5.41, 5.74) is 7.86. The zero-order valence-corrected chi connectivity index (χ0v) is 10.3. The number of rotatable bonds is 1. The lowest BCUT2D eigenvalue weighted by Crippen LogP contribution is -1.97. The molecule has 0 amide bonds. The molecular weight excluding hydrogens is 262 g/mol. The third kappa shape index (κ3) is 1.46. The van der Waals surface area contributed by atoms with Crippen molar-refractivity contribution in [2.24, 2.45) is 7.05 Å². The summed E-state index contributed by atoms with van der Waals surface area (Å²) < 4.78 is 2.79. The van der Waals surface area contributed by atoms with E-state index in [0.29, 0.717) is 0 Å². The Bertz CT molecular complexity index is 472. The Balaban J connectivity index is 2.57. The number of thiophene rings is 1. The number of nitrogens with two attached hydrogens (primary N) is 1. The SMILES string of the molecule is Cc1c(-c2cc(Br)cs2)nn(C)c1N. The molecule has 0 radical (unpaired) electrons. The summed E-state index contributed by atoms with van der Waals surface area (Å²) in [6.45, 7) is 1.99. The van der Waals surface area contributed by atoms with Crippen molar-refractivity contribution in [3.63, 3.8) is 0 Å². The van der Waals surface area contributed by atoms with Crippen LogP contribution in [0.5, 0.6) is 0 Å². The average molecular weight is 272 g/mol. The Labute approximate surface area is 94.7 Å². The Kier molecular flexibility index (Phi) is 2.36. The standard InChI is InChI=1S/C9H10BrN3S/c1-5-8(12-13(2)9(5)11)7-3-6(10)4-14-7/h3-4H,11H2,1-2H3. The van der Waals surface area contributed by atoms with Gasteiger partial charge in [-0.1, -0.05) is 0 Å². The van der Waals surface area contributed by atoms with E-state index in [1.807, 2.05) is 19.4 Å². The van der Waals surface area contributed by atoms with Crippen LogP contribution in [0.2, 0.25) is 0 Å². The van der Waals surface area contributed by atoms with Crippen molar-refractivity contribution >= 4 is 33.1 Å². The fourth-order valence-corrected chi connectivity index (χ4v) is 2.78. The summed E-state index contributed by atoms with van der Waals surface area (Å²) >= 11 is 5.08. The molecule has 0 aliphatic heterocycles. The lowest BCUT2D eigenvalue weighted by atomic mass is 10.2. The van der Waals surface area contributed by atoms with Gasteiger partial charge < -0.3 is 5.73 Å². The minimum Gasteiger partial charge on any atom is -0.384 e. The maximum Gasteiger partial charge on any atom is 0.124 e. The number of halogens is 1. The minimum atomic E-state index is 0.726.